The van der Waals surface area contributed by atoms with Gasteiger partial charge >= 0.3 is 10.5 Å². The molecular weight excluding hydrogens is 260 g/mol. The van der Waals surface area contributed by atoms with E-state index < -0.39 is 15.4 Å². The zero-order chi connectivity index (χ0) is 13.3. The highest BCUT2D eigenvalue weighted by atomic mass is 32.3. The molecule has 0 heterocycles. The molecule has 8 heteroatoms. The van der Waals surface area contributed by atoms with Gasteiger partial charge in [-0.25, -0.2) is 0 Å². The minimum atomic E-state index is -3.90. The van der Waals surface area contributed by atoms with Gasteiger partial charge in [0.25, 0.3) is 5.69 Å². The highest BCUT2D eigenvalue weighted by Gasteiger charge is 2.37. The number of hydrogen-bond acceptors (Lipinski definition) is 4. The Morgan fingerprint density at radius 2 is 2.00 bits per heavy atom. The summed E-state index contributed by atoms with van der Waals surface area (Å²) in [6.07, 6.45) is 0. The summed E-state index contributed by atoms with van der Waals surface area (Å²) in [5, 5.41) is 11.6. The summed E-state index contributed by atoms with van der Waals surface area (Å²) >= 11 is 0. The molecule has 0 spiro atoms. The Bertz CT molecular complexity index is 672. The third-order valence-corrected chi connectivity index (χ3v) is 3.61. The zero-order valence-electron chi connectivity index (χ0n) is 9.07. The minimum absolute atomic E-state index is 0.0769. The van der Waals surface area contributed by atoms with Crippen LogP contribution in [0.3, 0.4) is 0 Å². The Labute approximate surface area is 103 Å². The number of rotatable bonds is 3. The maximum Gasteiger partial charge on any atom is 0.482 e. The number of hydrogen-bond donors (Lipinski definition) is 1. The molecule has 1 radical (unpaired) electrons. The summed E-state index contributed by atoms with van der Waals surface area (Å²) in [5.41, 5.74) is -0.0769. The number of non-ortho nitro benzene ring substituents is 1. The van der Waals surface area contributed by atoms with Crippen LogP contribution in [0.15, 0.2) is 41.3 Å². The fourth-order valence-electron chi connectivity index (χ4n) is 1.63. The van der Waals surface area contributed by atoms with Crippen LogP contribution in [0.1, 0.15) is 0 Å². The lowest BCUT2D eigenvalue weighted by molar-refractivity contribution is -0.637. The average molecular weight is 269 g/mol. The van der Waals surface area contributed by atoms with Crippen molar-refractivity contribution in [2.75, 3.05) is 0 Å². The fourth-order valence-corrected chi connectivity index (χ4v) is 2.27. The van der Waals surface area contributed by atoms with E-state index in [2.05, 4.69) is 10.2 Å². The second kappa shape index (κ2) is 4.42. The molecule has 0 fully saturated rings. The van der Waals surface area contributed by atoms with Crippen LogP contribution in [-0.2, 0) is 23.5 Å². The Hall–Kier alpha value is -1.87. The van der Waals surface area contributed by atoms with Gasteiger partial charge in [0, 0.05) is 18.2 Å². The molecule has 93 valence electrons. The molecule has 0 aromatic heterocycles. The SMILES string of the molecule is [NH3+]O[S+]([O])(=O)c1ccc2c([N+](=O)[O-])cccc2c1. The summed E-state index contributed by atoms with van der Waals surface area (Å²) in [6, 6.07) is 8.36. The van der Waals surface area contributed by atoms with Crippen molar-refractivity contribution in [2.45, 2.75) is 4.90 Å². The first kappa shape index (κ1) is 12.6. The summed E-state index contributed by atoms with van der Waals surface area (Å²) in [5.74, 6) is 2.86. The number of quaternary nitrogens is 1. The predicted molar refractivity (Wildman–Crippen MR) is 61.6 cm³/mol. The molecule has 0 bridgehead atoms. The van der Waals surface area contributed by atoms with Crippen LogP contribution in [0, 0.1) is 10.1 Å². The van der Waals surface area contributed by atoms with E-state index in [9.17, 15) is 18.9 Å². The van der Waals surface area contributed by atoms with Crippen LogP contribution >= 0.6 is 0 Å². The van der Waals surface area contributed by atoms with Gasteiger partial charge in [0.05, 0.1) is 19.1 Å². The third-order valence-electron chi connectivity index (χ3n) is 2.47. The van der Waals surface area contributed by atoms with Crippen molar-refractivity contribution in [3.63, 3.8) is 0 Å². The average Bonchev–Trinajstić information content (AvgIpc) is 2.37. The van der Waals surface area contributed by atoms with Crippen LogP contribution in [-0.4, -0.2) is 4.92 Å². The third kappa shape index (κ3) is 2.09. The largest absolute Gasteiger partial charge is 0.482 e. The predicted octanol–water partition coefficient (Wildman–Crippen LogP) is 1.04. The molecule has 0 saturated carbocycles. The molecule has 0 amide bonds. The van der Waals surface area contributed by atoms with Gasteiger partial charge in [-0.1, -0.05) is 12.1 Å². The van der Waals surface area contributed by atoms with Crippen molar-refractivity contribution >= 4 is 27.0 Å². The fraction of sp³-hybridized carbons (Fsp3) is 0. The standard InChI is InChI=1S/C10H9N2O5S/c11-17-18(15,16)8-4-5-9-7(6-8)2-1-3-10(9)12(13)14/h1-6H,11H3/q+2. The summed E-state index contributed by atoms with van der Waals surface area (Å²) in [7, 11) is -3.90. The van der Waals surface area contributed by atoms with Crippen molar-refractivity contribution < 1.29 is 23.9 Å². The van der Waals surface area contributed by atoms with E-state index in [1.165, 1.54) is 30.3 Å². The Morgan fingerprint density at radius 1 is 1.28 bits per heavy atom. The molecule has 3 N–H and O–H groups in total. The lowest BCUT2D eigenvalue weighted by Gasteiger charge is -2.00. The van der Waals surface area contributed by atoms with E-state index >= 15 is 0 Å². The van der Waals surface area contributed by atoms with E-state index in [1.807, 2.05) is 0 Å². The molecule has 0 aliphatic heterocycles. The van der Waals surface area contributed by atoms with Gasteiger partial charge in [0.15, 0.2) is 0 Å². The summed E-state index contributed by atoms with van der Waals surface area (Å²) in [6.45, 7) is 0. The number of nitro benzene ring substituents is 1. The maximum absolute atomic E-state index is 11.4. The maximum atomic E-state index is 11.4. The van der Waals surface area contributed by atoms with Crippen molar-refractivity contribution in [2.24, 2.45) is 0 Å². The highest BCUT2D eigenvalue weighted by Crippen LogP contribution is 2.28. The van der Waals surface area contributed by atoms with Gasteiger partial charge in [-0.3, -0.25) is 10.1 Å². The smallest absolute Gasteiger partial charge is 0.258 e. The monoisotopic (exact) mass is 269 g/mol. The van der Waals surface area contributed by atoms with Crippen molar-refractivity contribution in [1.29, 1.82) is 0 Å². The van der Waals surface area contributed by atoms with Crippen LogP contribution in [0.5, 0.6) is 0 Å². The number of fused-ring (bicyclic) bond motifs is 1. The van der Waals surface area contributed by atoms with E-state index in [1.54, 1.807) is 6.07 Å². The van der Waals surface area contributed by atoms with Gasteiger partial charge in [-0.15, -0.1) is 0 Å². The van der Waals surface area contributed by atoms with Crippen LogP contribution < -0.4 is 5.90 Å². The lowest BCUT2D eigenvalue weighted by Crippen LogP contribution is -2.52. The molecule has 2 aromatic carbocycles. The summed E-state index contributed by atoms with van der Waals surface area (Å²) in [4.78, 5) is 10.2. The minimum Gasteiger partial charge on any atom is -0.258 e. The summed E-state index contributed by atoms with van der Waals surface area (Å²) < 4.78 is 27.0. The molecule has 0 aliphatic carbocycles. The molecule has 18 heavy (non-hydrogen) atoms. The molecule has 7 nitrogen and oxygen atoms in total. The van der Waals surface area contributed by atoms with Crippen LogP contribution in [0.4, 0.5) is 5.69 Å². The van der Waals surface area contributed by atoms with Crippen LogP contribution in [0.2, 0.25) is 0 Å². The lowest BCUT2D eigenvalue weighted by atomic mass is 10.1. The van der Waals surface area contributed by atoms with Crippen LogP contribution in [0.25, 0.3) is 10.8 Å². The number of nitro groups is 1. The first-order valence-corrected chi connectivity index (χ1v) is 6.22. The van der Waals surface area contributed by atoms with Crippen molar-refractivity contribution in [3.8, 4) is 0 Å². The van der Waals surface area contributed by atoms with Gasteiger partial charge in [-0.2, -0.15) is 5.90 Å². The van der Waals surface area contributed by atoms with E-state index in [-0.39, 0.29) is 10.6 Å². The molecular formula is C10H9N2O5S+2. The molecule has 2 aromatic rings. The molecule has 0 aliphatic rings. The molecule has 1 atom stereocenters. The number of nitrogens with zero attached hydrogens (tertiary/aromatic N) is 1. The second-order valence-electron chi connectivity index (χ2n) is 3.49. The normalized spacial score (nSPS) is 14.3. The number of benzene rings is 2. The van der Waals surface area contributed by atoms with Crippen molar-refractivity contribution in [3.05, 3.63) is 46.5 Å². The quantitative estimate of drug-likeness (QED) is 0.508. The second-order valence-corrected chi connectivity index (χ2v) is 5.10. The van der Waals surface area contributed by atoms with Gasteiger partial charge in [0.2, 0.25) is 4.90 Å². The van der Waals surface area contributed by atoms with E-state index in [4.69, 9.17) is 0 Å². The molecule has 0 saturated heterocycles. The first-order chi connectivity index (χ1) is 8.45. The molecule has 2 rings (SSSR count). The Balaban J connectivity index is 2.68. The molecule has 1 unspecified atom stereocenters. The first-order valence-electron chi connectivity index (χ1n) is 4.81. The van der Waals surface area contributed by atoms with Gasteiger partial charge in [0.1, 0.15) is 0 Å². The van der Waals surface area contributed by atoms with E-state index in [0.717, 1.165) is 0 Å². The van der Waals surface area contributed by atoms with Crippen molar-refractivity contribution in [1.82, 2.24) is 0 Å². The zero-order valence-corrected chi connectivity index (χ0v) is 9.88. The Morgan fingerprint density at radius 3 is 2.61 bits per heavy atom. The highest BCUT2D eigenvalue weighted by molar-refractivity contribution is 7.92. The van der Waals surface area contributed by atoms with E-state index in [0.29, 0.717) is 10.8 Å². The Kier molecular flexibility index (Phi) is 3.09. The van der Waals surface area contributed by atoms with Gasteiger partial charge < -0.3 is 0 Å². The van der Waals surface area contributed by atoms with Gasteiger partial charge in [-0.05, 0) is 15.7 Å². The topological polar surface area (TPSA) is 117 Å².